The summed E-state index contributed by atoms with van der Waals surface area (Å²) in [4.78, 5) is 0. The van der Waals surface area contributed by atoms with Gasteiger partial charge in [0.05, 0.1) is 0 Å². The molecule has 3 rings (SSSR count). The summed E-state index contributed by atoms with van der Waals surface area (Å²) in [5.41, 5.74) is 0.494. The van der Waals surface area contributed by atoms with Crippen molar-refractivity contribution >= 4 is 18.7 Å². The van der Waals surface area contributed by atoms with Gasteiger partial charge < -0.3 is 4.43 Å². The fourth-order valence-electron chi connectivity index (χ4n) is 5.70. The van der Waals surface area contributed by atoms with Gasteiger partial charge in [0.1, 0.15) is 0 Å². The van der Waals surface area contributed by atoms with E-state index in [2.05, 4.69) is 95.3 Å². The lowest BCUT2D eigenvalue weighted by atomic mass is 9.68. The standard InChI is InChI=1S/C29H44OSi/c1-25(2)19-22-29(20-13-8-14-21-29)23-24-30-31(28(3,4)5,26-15-9-6-10-16-26)27-17-11-7-12-18-27/h6-7,9-12,15-18,25H,8,13-14,19-24H2,1-5H3. The number of rotatable bonds is 9. The summed E-state index contributed by atoms with van der Waals surface area (Å²) in [7, 11) is -2.41. The zero-order valence-electron chi connectivity index (χ0n) is 20.6. The molecule has 1 fully saturated rings. The van der Waals surface area contributed by atoms with Gasteiger partial charge in [0.15, 0.2) is 0 Å². The Morgan fingerprint density at radius 1 is 0.806 bits per heavy atom. The second kappa shape index (κ2) is 10.5. The highest BCUT2D eigenvalue weighted by Gasteiger charge is 2.50. The minimum atomic E-state index is -2.41. The summed E-state index contributed by atoms with van der Waals surface area (Å²) in [5.74, 6) is 0.788. The van der Waals surface area contributed by atoms with Crippen molar-refractivity contribution in [3.63, 3.8) is 0 Å². The second-order valence-corrected chi connectivity index (χ2v) is 15.6. The quantitative estimate of drug-likeness (QED) is 0.374. The first-order valence-electron chi connectivity index (χ1n) is 12.5. The molecule has 1 aliphatic carbocycles. The van der Waals surface area contributed by atoms with Crippen molar-refractivity contribution in [1.82, 2.24) is 0 Å². The summed E-state index contributed by atoms with van der Waals surface area (Å²) >= 11 is 0. The van der Waals surface area contributed by atoms with Crippen LogP contribution in [0.4, 0.5) is 0 Å². The molecule has 1 saturated carbocycles. The molecule has 0 unspecified atom stereocenters. The zero-order chi connectivity index (χ0) is 22.4. The number of hydrogen-bond donors (Lipinski definition) is 0. The van der Waals surface area contributed by atoms with Crippen LogP contribution in [0, 0.1) is 11.3 Å². The van der Waals surface area contributed by atoms with Crippen LogP contribution in [0.15, 0.2) is 60.7 Å². The molecule has 1 aliphatic rings. The van der Waals surface area contributed by atoms with Crippen molar-refractivity contribution in [3.05, 3.63) is 60.7 Å². The minimum Gasteiger partial charge on any atom is -0.407 e. The molecule has 0 aromatic heterocycles. The molecule has 2 aromatic rings. The minimum absolute atomic E-state index is 0.0629. The molecule has 2 aromatic carbocycles. The highest BCUT2D eigenvalue weighted by molar-refractivity contribution is 6.99. The summed E-state index contributed by atoms with van der Waals surface area (Å²) in [6.45, 7) is 12.8. The summed E-state index contributed by atoms with van der Waals surface area (Å²) < 4.78 is 7.24. The molecule has 2 heteroatoms. The largest absolute Gasteiger partial charge is 0.407 e. The number of hydrogen-bond acceptors (Lipinski definition) is 1. The summed E-state index contributed by atoms with van der Waals surface area (Å²) in [5, 5.41) is 2.86. The van der Waals surface area contributed by atoms with Gasteiger partial charge >= 0.3 is 0 Å². The monoisotopic (exact) mass is 436 g/mol. The van der Waals surface area contributed by atoms with Gasteiger partial charge in [-0.25, -0.2) is 0 Å². The van der Waals surface area contributed by atoms with Crippen molar-refractivity contribution in [2.75, 3.05) is 6.61 Å². The van der Waals surface area contributed by atoms with Gasteiger partial charge in [-0.2, -0.15) is 0 Å². The van der Waals surface area contributed by atoms with E-state index in [1.807, 2.05) is 0 Å². The lowest BCUT2D eigenvalue weighted by Crippen LogP contribution is -2.66. The predicted octanol–water partition coefficient (Wildman–Crippen LogP) is 7.34. The fourth-order valence-corrected chi connectivity index (χ4v) is 10.3. The van der Waals surface area contributed by atoms with Crippen LogP contribution in [-0.2, 0) is 4.43 Å². The van der Waals surface area contributed by atoms with Gasteiger partial charge in [-0.1, -0.05) is 121 Å². The van der Waals surface area contributed by atoms with Crippen LogP contribution in [0.3, 0.4) is 0 Å². The maximum absolute atomic E-state index is 7.24. The lowest BCUT2D eigenvalue weighted by molar-refractivity contribution is 0.115. The van der Waals surface area contributed by atoms with Crippen LogP contribution in [0.1, 0.15) is 86.0 Å². The molecule has 0 N–H and O–H groups in total. The molecule has 170 valence electrons. The van der Waals surface area contributed by atoms with E-state index >= 15 is 0 Å². The Labute approximate surface area is 192 Å². The van der Waals surface area contributed by atoms with Crippen molar-refractivity contribution in [2.24, 2.45) is 11.3 Å². The molecule has 0 heterocycles. The van der Waals surface area contributed by atoms with Crippen LogP contribution < -0.4 is 10.4 Å². The van der Waals surface area contributed by atoms with Gasteiger partial charge in [0, 0.05) is 6.61 Å². The Balaban J connectivity index is 1.90. The number of benzene rings is 2. The molecule has 0 radical (unpaired) electrons. The van der Waals surface area contributed by atoms with Crippen molar-refractivity contribution in [2.45, 2.75) is 91.0 Å². The Hall–Kier alpha value is -1.38. The molecular weight excluding hydrogens is 392 g/mol. The van der Waals surface area contributed by atoms with Crippen molar-refractivity contribution in [1.29, 1.82) is 0 Å². The van der Waals surface area contributed by atoms with E-state index in [-0.39, 0.29) is 5.04 Å². The first-order chi connectivity index (χ1) is 14.8. The summed E-state index contributed by atoms with van der Waals surface area (Å²) in [6, 6.07) is 22.2. The molecule has 0 bridgehead atoms. The van der Waals surface area contributed by atoms with Gasteiger partial charge in [-0.15, -0.1) is 0 Å². The molecule has 31 heavy (non-hydrogen) atoms. The Morgan fingerprint density at radius 3 is 1.77 bits per heavy atom. The van der Waals surface area contributed by atoms with E-state index in [0.717, 1.165) is 12.5 Å². The van der Waals surface area contributed by atoms with Gasteiger partial charge in [0.2, 0.25) is 0 Å². The lowest BCUT2D eigenvalue weighted by Gasteiger charge is -2.44. The maximum Gasteiger partial charge on any atom is 0.261 e. The summed E-state index contributed by atoms with van der Waals surface area (Å²) in [6.07, 6.45) is 10.9. The van der Waals surface area contributed by atoms with Crippen LogP contribution >= 0.6 is 0 Å². The van der Waals surface area contributed by atoms with Crippen molar-refractivity contribution in [3.8, 4) is 0 Å². The smallest absolute Gasteiger partial charge is 0.261 e. The third-order valence-corrected chi connectivity index (χ3v) is 12.6. The second-order valence-electron chi connectivity index (χ2n) is 11.3. The zero-order valence-corrected chi connectivity index (χ0v) is 21.6. The van der Waals surface area contributed by atoms with Gasteiger partial charge in [0.25, 0.3) is 8.32 Å². The van der Waals surface area contributed by atoms with E-state index in [4.69, 9.17) is 4.43 Å². The average molecular weight is 437 g/mol. The molecule has 0 atom stereocenters. The third kappa shape index (κ3) is 5.70. The van der Waals surface area contributed by atoms with E-state index < -0.39 is 8.32 Å². The van der Waals surface area contributed by atoms with Crippen LogP contribution in [0.25, 0.3) is 0 Å². The average Bonchev–Trinajstić information content (AvgIpc) is 2.76. The topological polar surface area (TPSA) is 9.23 Å². The van der Waals surface area contributed by atoms with Gasteiger partial charge in [-0.05, 0) is 52.4 Å². The highest BCUT2D eigenvalue weighted by atomic mass is 28.4. The highest BCUT2D eigenvalue weighted by Crippen LogP contribution is 2.45. The SMILES string of the molecule is CC(C)CCC1(CCO[Si](c2ccccc2)(c2ccccc2)C(C)(C)C)CCCCC1. The van der Waals surface area contributed by atoms with E-state index in [0.29, 0.717) is 5.41 Å². The normalized spacial score (nSPS) is 17.1. The fraction of sp³-hybridized carbons (Fsp3) is 0.586. The first-order valence-corrected chi connectivity index (χ1v) is 14.4. The third-order valence-electron chi connectivity index (χ3n) is 7.53. The molecule has 0 amide bonds. The Bertz CT molecular complexity index is 730. The molecule has 0 spiro atoms. The van der Waals surface area contributed by atoms with E-state index in [9.17, 15) is 0 Å². The van der Waals surface area contributed by atoms with Crippen LogP contribution in [0.5, 0.6) is 0 Å². The van der Waals surface area contributed by atoms with E-state index in [1.54, 1.807) is 0 Å². The Kier molecular flexibility index (Phi) is 8.21. The maximum atomic E-state index is 7.24. The van der Waals surface area contributed by atoms with Crippen molar-refractivity contribution < 1.29 is 4.43 Å². The van der Waals surface area contributed by atoms with Gasteiger partial charge in [-0.3, -0.25) is 0 Å². The van der Waals surface area contributed by atoms with Crippen LogP contribution in [0.2, 0.25) is 5.04 Å². The molecule has 1 nitrogen and oxygen atoms in total. The molecule has 0 saturated heterocycles. The van der Waals surface area contributed by atoms with E-state index in [1.165, 1.54) is 61.7 Å². The first kappa shape index (κ1) is 24.3. The molecule has 0 aliphatic heterocycles. The predicted molar refractivity (Wildman–Crippen MR) is 138 cm³/mol. The van der Waals surface area contributed by atoms with Crippen LogP contribution in [-0.4, -0.2) is 14.9 Å². The molecular formula is C29H44OSi. The Morgan fingerprint density at radius 2 is 1.32 bits per heavy atom.